The largest absolute Gasteiger partial charge is 0.510 e. The van der Waals surface area contributed by atoms with Crippen LogP contribution in [0.25, 0.3) is 50.0 Å². The van der Waals surface area contributed by atoms with Crippen LogP contribution in [0.1, 0.15) is 78.1 Å². The summed E-state index contributed by atoms with van der Waals surface area (Å²) in [6, 6.07) is 40.5. The first-order valence-electron chi connectivity index (χ1n) is 18.5. The summed E-state index contributed by atoms with van der Waals surface area (Å²) in [6.45, 7) is 16.0. The minimum atomic E-state index is -0.0207. The molecule has 0 aliphatic heterocycles. The van der Waals surface area contributed by atoms with E-state index in [0.717, 1.165) is 62.9 Å². The van der Waals surface area contributed by atoms with E-state index < -0.39 is 0 Å². The van der Waals surface area contributed by atoms with E-state index >= 15 is 0 Å². The minimum Gasteiger partial charge on any atom is -0.510 e. The number of hydrogen-bond donors (Lipinski definition) is 0. The summed E-state index contributed by atoms with van der Waals surface area (Å²) < 4.78 is 13.0. The summed E-state index contributed by atoms with van der Waals surface area (Å²) in [7, 11) is 0. The van der Waals surface area contributed by atoms with Gasteiger partial charge in [0.15, 0.2) is 0 Å². The molecule has 0 atom stereocenters. The molecule has 0 fully saturated rings. The number of aromatic nitrogens is 5. The molecular weight excluding hydrogens is 846 g/mol. The molecule has 7 heteroatoms. The van der Waals surface area contributed by atoms with Gasteiger partial charge in [-0.1, -0.05) is 96.4 Å². The van der Waals surface area contributed by atoms with E-state index in [9.17, 15) is 0 Å². The maximum absolute atomic E-state index is 6.55. The number of pyridine rings is 2. The number of fused-ring (bicyclic) bond motifs is 5. The van der Waals surface area contributed by atoms with Crippen LogP contribution in [0.3, 0.4) is 0 Å². The van der Waals surface area contributed by atoms with Crippen LogP contribution in [-0.2, 0) is 37.3 Å². The quantitative estimate of drug-likeness (QED) is 0.128. The van der Waals surface area contributed by atoms with Crippen molar-refractivity contribution in [2.45, 2.75) is 77.6 Å². The van der Waals surface area contributed by atoms with E-state index in [0.29, 0.717) is 11.5 Å². The van der Waals surface area contributed by atoms with Crippen LogP contribution in [0.15, 0.2) is 109 Å². The van der Waals surface area contributed by atoms with Crippen molar-refractivity contribution in [2.75, 3.05) is 0 Å². The average molecular weight is 889 g/mol. The Kier molecular flexibility index (Phi) is 8.69. The fourth-order valence-corrected chi connectivity index (χ4v) is 8.03. The summed E-state index contributed by atoms with van der Waals surface area (Å²) in [5.41, 5.74) is 9.70. The summed E-state index contributed by atoms with van der Waals surface area (Å²) in [5.74, 6) is 2.05. The molecule has 1 aliphatic carbocycles. The third kappa shape index (κ3) is 5.96. The first kappa shape index (κ1) is 35.9. The van der Waals surface area contributed by atoms with Gasteiger partial charge in [-0.15, -0.1) is 29.7 Å². The van der Waals surface area contributed by atoms with Gasteiger partial charge in [0, 0.05) is 61.6 Å². The Morgan fingerprint density at radius 3 is 2.26 bits per heavy atom. The zero-order chi connectivity index (χ0) is 36.7. The van der Waals surface area contributed by atoms with Crippen LogP contribution in [0, 0.1) is 18.5 Å². The van der Waals surface area contributed by atoms with Crippen molar-refractivity contribution in [1.29, 1.82) is 0 Å². The van der Waals surface area contributed by atoms with Crippen molar-refractivity contribution in [2.24, 2.45) is 0 Å². The Morgan fingerprint density at radius 1 is 0.722 bits per heavy atom. The number of rotatable bonds is 5. The molecular formula is C47H43N5OPt-2. The molecule has 0 N–H and O–H groups in total. The van der Waals surface area contributed by atoms with Gasteiger partial charge >= 0.3 is 0 Å². The third-order valence-corrected chi connectivity index (χ3v) is 11.0. The molecule has 6 nitrogen and oxygen atoms in total. The van der Waals surface area contributed by atoms with Crippen molar-refractivity contribution in [3.05, 3.63) is 145 Å². The van der Waals surface area contributed by atoms with Crippen molar-refractivity contribution < 1.29 is 30.4 Å². The molecule has 0 amide bonds. The average Bonchev–Trinajstić information content (AvgIpc) is 3.69. The van der Waals surface area contributed by atoms with Gasteiger partial charge < -0.3 is 13.9 Å². The van der Waals surface area contributed by atoms with Crippen molar-refractivity contribution in [3.63, 3.8) is 0 Å². The molecule has 0 saturated heterocycles. The molecule has 0 spiro atoms. The monoisotopic (exact) mass is 888 g/mol. The van der Waals surface area contributed by atoms with Crippen molar-refractivity contribution in [1.82, 2.24) is 19.1 Å². The Hall–Kier alpha value is -5.06. The zero-order valence-corrected chi connectivity index (χ0v) is 34.0. The van der Waals surface area contributed by atoms with Crippen molar-refractivity contribution in [3.8, 4) is 28.7 Å². The number of para-hydroxylation sites is 3. The topological polar surface area (TPSA) is 48.8 Å². The van der Waals surface area contributed by atoms with Crippen LogP contribution >= 0.6 is 0 Å². The molecule has 1 aliphatic rings. The second kappa shape index (κ2) is 13.1. The van der Waals surface area contributed by atoms with Crippen LogP contribution < -0.4 is 9.30 Å². The van der Waals surface area contributed by atoms with Gasteiger partial charge in [0.1, 0.15) is 5.82 Å². The molecule has 9 rings (SSSR count). The molecule has 4 heterocycles. The third-order valence-electron chi connectivity index (χ3n) is 11.0. The maximum atomic E-state index is 6.55. The Labute approximate surface area is 331 Å². The van der Waals surface area contributed by atoms with E-state index in [4.69, 9.17) is 14.7 Å². The van der Waals surface area contributed by atoms with Gasteiger partial charge in [-0.05, 0) is 70.1 Å². The Bertz CT molecular complexity index is 2710. The van der Waals surface area contributed by atoms with Gasteiger partial charge in [0.25, 0.3) is 6.33 Å². The van der Waals surface area contributed by atoms with Gasteiger partial charge in [-0.2, -0.15) is 18.2 Å². The Morgan fingerprint density at radius 2 is 1.44 bits per heavy atom. The van der Waals surface area contributed by atoms with E-state index in [1.165, 1.54) is 16.8 Å². The van der Waals surface area contributed by atoms with Crippen LogP contribution in [0.5, 0.6) is 11.5 Å². The number of nitrogens with zero attached hydrogens (tertiary/aromatic N) is 5. The van der Waals surface area contributed by atoms with Crippen LogP contribution in [-0.4, -0.2) is 19.1 Å². The number of ether oxygens (including phenoxy) is 1. The first-order valence-corrected chi connectivity index (χ1v) is 18.5. The first-order chi connectivity index (χ1) is 25.4. The van der Waals surface area contributed by atoms with Gasteiger partial charge in [-0.25, -0.2) is 4.98 Å². The summed E-state index contributed by atoms with van der Waals surface area (Å²) in [5, 5.41) is 2.24. The van der Waals surface area contributed by atoms with Gasteiger partial charge in [0.2, 0.25) is 0 Å². The molecule has 4 aromatic carbocycles. The van der Waals surface area contributed by atoms with Crippen LogP contribution in [0.4, 0.5) is 0 Å². The molecule has 4 aromatic heterocycles. The smallest absolute Gasteiger partial charge is 0.268 e. The molecule has 8 aromatic rings. The fourth-order valence-electron chi connectivity index (χ4n) is 8.03. The summed E-state index contributed by atoms with van der Waals surface area (Å²) in [6.07, 6.45) is 9.76. The van der Waals surface area contributed by atoms with E-state index in [-0.39, 0.29) is 37.3 Å². The van der Waals surface area contributed by atoms with Gasteiger partial charge in [-0.3, -0.25) is 9.55 Å². The molecule has 54 heavy (non-hydrogen) atoms. The molecule has 0 saturated carbocycles. The van der Waals surface area contributed by atoms with E-state index in [2.05, 4.69) is 153 Å². The molecule has 274 valence electrons. The van der Waals surface area contributed by atoms with Gasteiger partial charge in [0.05, 0.1) is 16.7 Å². The predicted octanol–water partition coefficient (Wildman–Crippen LogP) is 10.6. The maximum Gasteiger partial charge on any atom is 0.268 e. The summed E-state index contributed by atoms with van der Waals surface area (Å²) in [4.78, 5) is 9.78. The normalized spacial score (nSPS) is 14.9. The minimum absolute atomic E-state index is 0. The molecule has 0 bridgehead atoms. The zero-order valence-electron chi connectivity index (χ0n) is 31.8. The second-order valence-electron chi connectivity index (χ2n) is 16.7. The number of hydrogen-bond acceptors (Lipinski definition) is 3. The summed E-state index contributed by atoms with van der Waals surface area (Å²) >= 11 is 0. The van der Waals surface area contributed by atoms with E-state index in [1.807, 2.05) is 36.7 Å². The van der Waals surface area contributed by atoms with Crippen LogP contribution in [0.2, 0.25) is 0 Å². The standard InChI is InChI=1S/C47H43N5O.Pt/c1-45(2,3)31-21-25-48-42(27-31)52-37-16-9-8-15-35(37)36-20-19-34(29-41(36)52)53-33-14-12-13-32(28-33)50-30-51(39-18-11-10-17-38(39)50)40-22-26-49-44-43(40)46(4,5)23-24-47(44,6)7;/h8-22,25-27H,23-24H2,1-7H3;/q-2;. The predicted molar refractivity (Wildman–Crippen MR) is 212 cm³/mol. The fraction of sp³-hybridized carbons (Fsp3) is 0.255. The second-order valence-corrected chi connectivity index (χ2v) is 16.7. The molecule has 0 unspecified atom stereocenters. The number of imidazole rings is 1. The van der Waals surface area contributed by atoms with E-state index in [1.54, 1.807) is 0 Å². The Balaban J connectivity index is 0.00000413. The SMILES string of the molecule is CC(C)(C)c1ccnc(-n2c3[c-]c(Oc4[c-]c(-n5[c-][n+](-c6ccnc7c6C(C)(C)CCC7(C)C)c6ccccc65)ccc4)ccc3c3ccccc32)c1.[Pt]. The number of benzene rings is 4. The molecule has 0 radical (unpaired) electrons. The van der Waals surface area contributed by atoms with Crippen molar-refractivity contribution >= 4 is 32.8 Å².